The molecule has 1 amide bonds. The molecule has 0 saturated heterocycles. The second-order valence-electron chi connectivity index (χ2n) is 7.40. The Kier molecular flexibility index (Phi) is 6.58. The van der Waals surface area contributed by atoms with Crippen LogP contribution in [0.3, 0.4) is 0 Å². The molecule has 0 fully saturated rings. The van der Waals surface area contributed by atoms with Crippen LogP contribution in [0.15, 0.2) is 72.1 Å². The van der Waals surface area contributed by atoms with Crippen molar-refractivity contribution in [2.45, 2.75) is 31.2 Å². The van der Waals surface area contributed by atoms with Gasteiger partial charge in [-0.1, -0.05) is 29.4 Å². The van der Waals surface area contributed by atoms with Gasteiger partial charge in [-0.25, -0.2) is 0 Å². The lowest BCUT2D eigenvalue weighted by molar-refractivity contribution is -0.115. The van der Waals surface area contributed by atoms with E-state index in [0.717, 1.165) is 11.3 Å². The third-order valence-corrected chi connectivity index (χ3v) is 6.38. The summed E-state index contributed by atoms with van der Waals surface area (Å²) in [5.74, 6) is 0.570. The molecule has 0 aliphatic carbocycles. The number of aryl methyl sites for hydroxylation is 2. The molecule has 1 N–H and O–H groups in total. The largest absolute Gasteiger partial charge is 0.325 e. The number of anilines is 1. The lowest BCUT2D eigenvalue weighted by Gasteiger charge is -2.15. The Balaban J connectivity index is 1.66. The molecule has 0 aliphatic rings. The maximum absolute atomic E-state index is 12.8. The number of hydrogen-bond acceptors (Lipinski definition) is 5. The van der Waals surface area contributed by atoms with Crippen molar-refractivity contribution in [1.82, 2.24) is 19.7 Å². The zero-order valence-electron chi connectivity index (χ0n) is 17.9. The Labute approximate surface area is 196 Å². The van der Waals surface area contributed by atoms with E-state index in [2.05, 4.69) is 46.5 Å². The van der Waals surface area contributed by atoms with E-state index in [1.165, 1.54) is 22.9 Å². The molecule has 0 aliphatic heterocycles. The van der Waals surface area contributed by atoms with Gasteiger partial charge in [0.15, 0.2) is 11.0 Å². The normalized spacial score (nSPS) is 11.9. The zero-order valence-corrected chi connectivity index (χ0v) is 19.5. The number of aromatic nitrogens is 4. The molecule has 2 aromatic heterocycles. The average molecular weight is 464 g/mol. The maximum Gasteiger partial charge on any atom is 0.237 e. The Bertz CT molecular complexity index is 1240. The van der Waals surface area contributed by atoms with Crippen molar-refractivity contribution in [2.75, 3.05) is 5.32 Å². The molecule has 1 atom stereocenters. The predicted octanol–water partition coefficient (Wildman–Crippen LogP) is 5.72. The van der Waals surface area contributed by atoms with Crippen LogP contribution in [0.4, 0.5) is 5.69 Å². The fourth-order valence-corrected chi connectivity index (χ4v) is 4.11. The SMILES string of the molecule is Cc1ccc(-n2c(SC(C)C(=O)Nc3ccc(Cl)cc3)nnc2-c2ccncc2)cc1C. The molecule has 162 valence electrons. The van der Waals surface area contributed by atoms with Gasteiger partial charge in [-0.05, 0) is 80.4 Å². The van der Waals surface area contributed by atoms with Crippen LogP contribution in [0.25, 0.3) is 17.1 Å². The second-order valence-corrected chi connectivity index (χ2v) is 9.15. The van der Waals surface area contributed by atoms with Crippen LogP contribution in [0.5, 0.6) is 0 Å². The molecule has 4 rings (SSSR count). The highest BCUT2D eigenvalue weighted by Crippen LogP contribution is 2.31. The van der Waals surface area contributed by atoms with Crippen LogP contribution < -0.4 is 5.32 Å². The summed E-state index contributed by atoms with van der Waals surface area (Å²) in [5.41, 5.74) is 4.91. The van der Waals surface area contributed by atoms with Crippen LogP contribution in [0.2, 0.25) is 5.02 Å². The van der Waals surface area contributed by atoms with E-state index in [9.17, 15) is 4.79 Å². The third kappa shape index (κ3) is 4.84. The summed E-state index contributed by atoms with van der Waals surface area (Å²) in [6.07, 6.45) is 3.45. The topological polar surface area (TPSA) is 72.7 Å². The highest BCUT2D eigenvalue weighted by Gasteiger charge is 2.22. The van der Waals surface area contributed by atoms with Gasteiger partial charge in [0.05, 0.1) is 10.9 Å². The molecular weight excluding hydrogens is 442 g/mol. The van der Waals surface area contributed by atoms with Crippen molar-refractivity contribution in [3.05, 3.63) is 83.1 Å². The summed E-state index contributed by atoms with van der Waals surface area (Å²) in [6.45, 7) is 6.00. The number of halogens is 1. The molecule has 8 heteroatoms. The monoisotopic (exact) mass is 463 g/mol. The number of nitrogens with one attached hydrogen (secondary N) is 1. The van der Waals surface area contributed by atoms with Gasteiger partial charge in [0.2, 0.25) is 5.91 Å². The van der Waals surface area contributed by atoms with Crippen LogP contribution in [-0.4, -0.2) is 30.9 Å². The maximum atomic E-state index is 12.8. The summed E-state index contributed by atoms with van der Waals surface area (Å²) in [6, 6.07) is 17.0. The van der Waals surface area contributed by atoms with E-state index < -0.39 is 5.25 Å². The van der Waals surface area contributed by atoms with Gasteiger partial charge in [0.1, 0.15) is 0 Å². The number of carbonyl (C=O) groups excluding carboxylic acids is 1. The first-order chi connectivity index (χ1) is 15.4. The molecule has 0 saturated carbocycles. The predicted molar refractivity (Wildman–Crippen MR) is 129 cm³/mol. The summed E-state index contributed by atoms with van der Waals surface area (Å²) in [5, 5.41) is 12.6. The molecule has 6 nitrogen and oxygen atoms in total. The van der Waals surface area contributed by atoms with Crippen molar-refractivity contribution >= 4 is 35.0 Å². The molecule has 0 bridgehead atoms. The summed E-state index contributed by atoms with van der Waals surface area (Å²) in [7, 11) is 0. The van der Waals surface area contributed by atoms with Gasteiger partial charge in [0, 0.05) is 28.7 Å². The smallest absolute Gasteiger partial charge is 0.237 e. The molecule has 0 radical (unpaired) electrons. The average Bonchev–Trinajstić information content (AvgIpc) is 3.21. The Morgan fingerprint density at radius 2 is 1.72 bits per heavy atom. The number of carbonyl (C=O) groups is 1. The van der Waals surface area contributed by atoms with E-state index in [-0.39, 0.29) is 5.91 Å². The van der Waals surface area contributed by atoms with Gasteiger partial charge in [-0.15, -0.1) is 10.2 Å². The zero-order chi connectivity index (χ0) is 22.7. The highest BCUT2D eigenvalue weighted by atomic mass is 35.5. The minimum atomic E-state index is -0.398. The van der Waals surface area contributed by atoms with Gasteiger partial charge >= 0.3 is 0 Å². The minimum absolute atomic E-state index is 0.127. The molecule has 0 spiro atoms. The van der Waals surface area contributed by atoms with Crippen molar-refractivity contribution < 1.29 is 4.79 Å². The first-order valence-electron chi connectivity index (χ1n) is 10.1. The second kappa shape index (κ2) is 9.54. The number of rotatable bonds is 6. The number of amides is 1. The first kappa shape index (κ1) is 22.0. The number of hydrogen-bond donors (Lipinski definition) is 1. The Hall–Kier alpha value is -3.16. The van der Waals surface area contributed by atoms with Crippen LogP contribution in [-0.2, 0) is 4.79 Å². The summed E-state index contributed by atoms with van der Waals surface area (Å²) >= 11 is 7.29. The van der Waals surface area contributed by atoms with Crippen LogP contribution in [0, 0.1) is 13.8 Å². The van der Waals surface area contributed by atoms with Crippen molar-refractivity contribution in [2.24, 2.45) is 0 Å². The number of pyridine rings is 1. The number of benzene rings is 2. The highest BCUT2D eigenvalue weighted by molar-refractivity contribution is 8.00. The van der Waals surface area contributed by atoms with E-state index >= 15 is 0 Å². The Morgan fingerprint density at radius 3 is 2.41 bits per heavy atom. The standard InChI is InChI=1S/C24H22ClN5OS/c1-15-4-9-21(14-16(15)2)30-22(18-10-12-26-13-11-18)28-29-24(30)32-17(3)23(31)27-20-7-5-19(25)6-8-20/h4-14,17H,1-3H3,(H,27,31). The van der Waals surface area contributed by atoms with Crippen molar-refractivity contribution in [1.29, 1.82) is 0 Å². The Morgan fingerprint density at radius 1 is 1.00 bits per heavy atom. The third-order valence-electron chi connectivity index (χ3n) is 5.08. The van der Waals surface area contributed by atoms with E-state index in [4.69, 9.17) is 11.6 Å². The lowest BCUT2D eigenvalue weighted by atomic mass is 10.1. The molecule has 4 aromatic rings. The van der Waals surface area contributed by atoms with Gasteiger partial charge in [0.25, 0.3) is 0 Å². The van der Waals surface area contributed by atoms with Crippen molar-refractivity contribution in [3.8, 4) is 17.1 Å². The van der Waals surface area contributed by atoms with E-state index in [1.54, 1.807) is 36.7 Å². The van der Waals surface area contributed by atoms with Gasteiger partial charge < -0.3 is 5.32 Å². The summed E-state index contributed by atoms with van der Waals surface area (Å²) < 4.78 is 1.98. The van der Waals surface area contributed by atoms with E-state index in [0.29, 0.717) is 21.7 Å². The van der Waals surface area contributed by atoms with E-state index in [1.807, 2.05) is 29.7 Å². The van der Waals surface area contributed by atoms with Crippen LogP contribution in [0.1, 0.15) is 18.1 Å². The van der Waals surface area contributed by atoms with Crippen LogP contribution >= 0.6 is 23.4 Å². The number of nitrogens with zero attached hydrogens (tertiary/aromatic N) is 4. The fourth-order valence-electron chi connectivity index (χ4n) is 3.12. The number of thioether (sulfide) groups is 1. The molecular formula is C24H22ClN5OS. The summed E-state index contributed by atoms with van der Waals surface area (Å²) in [4.78, 5) is 16.9. The van der Waals surface area contributed by atoms with Crippen molar-refractivity contribution in [3.63, 3.8) is 0 Å². The first-order valence-corrected chi connectivity index (χ1v) is 11.3. The minimum Gasteiger partial charge on any atom is -0.325 e. The molecule has 2 aromatic carbocycles. The molecule has 32 heavy (non-hydrogen) atoms. The van der Waals surface area contributed by atoms with Gasteiger partial charge in [-0.3, -0.25) is 14.3 Å². The quantitative estimate of drug-likeness (QED) is 0.370. The fraction of sp³-hybridized carbons (Fsp3) is 0.167. The lowest BCUT2D eigenvalue weighted by Crippen LogP contribution is -2.22. The molecule has 1 unspecified atom stereocenters. The molecule has 2 heterocycles. The van der Waals surface area contributed by atoms with Gasteiger partial charge in [-0.2, -0.15) is 0 Å².